The second kappa shape index (κ2) is 10.5. The molecule has 1 aromatic heterocycles. The van der Waals surface area contributed by atoms with Gasteiger partial charge in [-0.2, -0.15) is 8.78 Å². The Bertz CT molecular complexity index is 782. The minimum Gasteiger partial charge on any atom is -0.490 e. The van der Waals surface area contributed by atoms with Crippen LogP contribution in [0.3, 0.4) is 0 Å². The Hall–Kier alpha value is -2.19. The second-order valence-corrected chi connectivity index (χ2v) is 7.94. The summed E-state index contributed by atoms with van der Waals surface area (Å²) in [6.07, 6.45) is 2.96. The summed E-state index contributed by atoms with van der Waals surface area (Å²) in [4.78, 5) is 15.7. The first kappa shape index (κ1) is 21.5. The Kier molecular flexibility index (Phi) is 7.83. The maximum absolute atomic E-state index is 12.6. The molecule has 2 aromatic rings. The van der Waals surface area contributed by atoms with Crippen molar-refractivity contribution in [1.82, 2.24) is 10.2 Å². The molecule has 1 heterocycles. The van der Waals surface area contributed by atoms with E-state index in [0.717, 1.165) is 24.8 Å². The summed E-state index contributed by atoms with van der Waals surface area (Å²) in [6, 6.07) is 9.40. The highest BCUT2D eigenvalue weighted by Gasteiger charge is 2.30. The summed E-state index contributed by atoms with van der Waals surface area (Å²) < 4.78 is 35.1. The SMILES string of the molecule is CCOc1cc(CN(CC(=O)NCCc2cccs2)C2CC2)ccc1OC(F)F. The van der Waals surface area contributed by atoms with Crippen molar-refractivity contribution in [1.29, 1.82) is 0 Å². The molecule has 1 aromatic carbocycles. The molecule has 1 amide bonds. The van der Waals surface area contributed by atoms with Crippen LogP contribution in [0.15, 0.2) is 35.7 Å². The van der Waals surface area contributed by atoms with Gasteiger partial charge in [0.05, 0.1) is 13.2 Å². The van der Waals surface area contributed by atoms with Gasteiger partial charge in [-0.1, -0.05) is 12.1 Å². The number of nitrogens with zero attached hydrogens (tertiary/aromatic N) is 1. The molecule has 1 aliphatic rings. The lowest BCUT2D eigenvalue weighted by molar-refractivity contribution is -0.122. The Morgan fingerprint density at radius 2 is 2.14 bits per heavy atom. The van der Waals surface area contributed by atoms with E-state index in [2.05, 4.69) is 21.0 Å². The normalized spacial score (nSPS) is 13.7. The number of benzene rings is 1. The number of halogens is 2. The fourth-order valence-corrected chi connectivity index (χ4v) is 3.83. The Morgan fingerprint density at radius 3 is 2.79 bits per heavy atom. The number of amides is 1. The van der Waals surface area contributed by atoms with Crippen molar-refractivity contribution >= 4 is 17.2 Å². The number of carbonyl (C=O) groups excluding carboxylic acids is 1. The number of thiophene rings is 1. The van der Waals surface area contributed by atoms with Crippen LogP contribution in [0.25, 0.3) is 0 Å². The standard InChI is InChI=1S/C21H26F2N2O3S/c1-2-27-19-12-15(5-8-18(19)28-21(22)23)13-25(16-6-7-16)14-20(26)24-10-9-17-4-3-11-29-17/h3-5,8,11-12,16,21H,2,6-7,9-10,13-14H2,1H3,(H,24,26). The van der Waals surface area contributed by atoms with E-state index in [9.17, 15) is 13.6 Å². The van der Waals surface area contributed by atoms with E-state index in [1.165, 1.54) is 10.9 Å². The topological polar surface area (TPSA) is 50.8 Å². The first-order valence-electron chi connectivity index (χ1n) is 9.78. The van der Waals surface area contributed by atoms with Crippen LogP contribution in [0.2, 0.25) is 0 Å². The fraction of sp³-hybridized carbons (Fsp3) is 0.476. The van der Waals surface area contributed by atoms with Gasteiger partial charge in [-0.15, -0.1) is 11.3 Å². The molecule has 1 fully saturated rings. The smallest absolute Gasteiger partial charge is 0.387 e. The van der Waals surface area contributed by atoms with Gasteiger partial charge in [-0.3, -0.25) is 9.69 Å². The number of alkyl halides is 2. The molecular formula is C21H26F2N2O3S. The number of ether oxygens (including phenoxy) is 2. The van der Waals surface area contributed by atoms with E-state index in [1.807, 2.05) is 11.4 Å². The minimum atomic E-state index is -2.90. The van der Waals surface area contributed by atoms with Crippen LogP contribution in [0, 0.1) is 0 Å². The maximum Gasteiger partial charge on any atom is 0.387 e. The van der Waals surface area contributed by atoms with Gasteiger partial charge in [-0.25, -0.2) is 0 Å². The number of hydrogen-bond donors (Lipinski definition) is 1. The Labute approximate surface area is 173 Å². The zero-order valence-corrected chi connectivity index (χ0v) is 17.2. The minimum absolute atomic E-state index is 0.00357. The number of hydrogen-bond acceptors (Lipinski definition) is 5. The third kappa shape index (κ3) is 6.97. The van der Waals surface area contributed by atoms with E-state index in [1.54, 1.807) is 30.4 Å². The Morgan fingerprint density at radius 1 is 1.31 bits per heavy atom. The molecule has 8 heteroatoms. The van der Waals surface area contributed by atoms with Crippen molar-refractivity contribution in [2.45, 2.75) is 45.4 Å². The summed E-state index contributed by atoms with van der Waals surface area (Å²) in [5, 5.41) is 5.01. The quantitative estimate of drug-likeness (QED) is 0.558. The van der Waals surface area contributed by atoms with E-state index >= 15 is 0 Å². The van der Waals surface area contributed by atoms with E-state index in [0.29, 0.717) is 38.0 Å². The van der Waals surface area contributed by atoms with Crippen molar-refractivity contribution < 1.29 is 23.0 Å². The van der Waals surface area contributed by atoms with Crippen LogP contribution in [0.5, 0.6) is 11.5 Å². The summed E-state index contributed by atoms with van der Waals surface area (Å²) in [5.41, 5.74) is 0.897. The van der Waals surface area contributed by atoms with Crippen LogP contribution in [0.4, 0.5) is 8.78 Å². The molecule has 29 heavy (non-hydrogen) atoms. The molecule has 0 atom stereocenters. The molecule has 1 aliphatic carbocycles. The zero-order chi connectivity index (χ0) is 20.6. The maximum atomic E-state index is 12.6. The van der Waals surface area contributed by atoms with Crippen molar-refractivity contribution in [2.75, 3.05) is 19.7 Å². The number of nitrogens with one attached hydrogen (secondary N) is 1. The molecular weight excluding hydrogens is 398 g/mol. The van der Waals surface area contributed by atoms with Crippen LogP contribution in [-0.4, -0.2) is 43.2 Å². The van der Waals surface area contributed by atoms with Crippen LogP contribution in [0.1, 0.15) is 30.2 Å². The van der Waals surface area contributed by atoms with Gasteiger partial charge >= 0.3 is 6.61 Å². The van der Waals surface area contributed by atoms with Gasteiger partial charge in [-0.05, 0) is 55.3 Å². The van der Waals surface area contributed by atoms with Crippen molar-refractivity contribution in [3.05, 3.63) is 46.2 Å². The van der Waals surface area contributed by atoms with Gasteiger partial charge < -0.3 is 14.8 Å². The molecule has 1 N–H and O–H groups in total. The average molecular weight is 425 g/mol. The predicted octanol–water partition coefficient (Wildman–Crippen LogP) is 4.07. The first-order valence-corrected chi connectivity index (χ1v) is 10.7. The molecule has 158 valence electrons. The molecule has 0 spiro atoms. The lowest BCUT2D eigenvalue weighted by atomic mass is 10.2. The van der Waals surface area contributed by atoms with Gasteiger partial charge in [0.1, 0.15) is 0 Å². The third-order valence-electron chi connectivity index (χ3n) is 4.59. The third-order valence-corrected chi connectivity index (χ3v) is 5.53. The highest BCUT2D eigenvalue weighted by atomic mass is 32.1. The number of carbonyl (C=O) groups is 1. The van der Waals surface area contributed by atoms with E-state index in [4.69, 9.17) is 4.74 Å². The molecule has 0 aliphatic heterocycles. The molecule has 3 rings (SSSR count). The lowest BCUT2D eigenvalue weighted by Crippen LogP contribution is -2.38. The highest BCUT2D eigenvalue weighted by molar-refractivity contribution is 7.09. The molecule has 0 saturated heterocycles. The van der Waals surface area contributed by atoms with Gasteiger partial charge in [0.2, 0.25) is 5.91 Å². The summed E-state index contributed by atoms with van der Waals surface area (Å²) >= 11 is 1.68. The monoisotopic (exact) mass is 424 g/mol. The van der Waals surface area contributed by atoms with Gasteiger partial charge in [0.15, 0.2) is 11.5 Å². The summed E-state index contributed by atoms with van der Waals surface area (Å²) in [5.74, 6) is 0.312. The van der Waals surface area contributed by atoms with Gasteiger partial charge in [0, 0.05) is 24.0 Å². The largest absolute Gasteiger partial charge is 0.490 e. The molecule has 0 bridgehead atoms. The summed E-state index contributed by atoms with van der Waals surface area (Å²) in [7, 11) is 0. The second-order valence-electron chi connectivity index (χ2n) is 6.91. The van der Waals surface area contributed by atoms with Crippen LogP contribution >= 0.6 is 11.3 Å². The molecule has 0 unspecified atom stereocenters. The molecule has 0 radical (unpaired) electrons. The highest BCUT2D eigenvalue weighted by Crippen LogP contribution is 2.32. The zero-order valence-electron chi connectivity index (χ0n) is 16.4. The summed E-state index contributed by atoms with van der Waals surface area (Å²) in [6.45, 7) is 0.719. The van der Waals surface area contributed by atoms with Crippen LogP contribution in [-0.2, 0) is 17.8 Å². The van der Waals surface area contributed by atoms with Crippen molar-refractivity contribution in [3.63, 3.8) is 0 Å². The van der Waals surface area contributed by atoms with Crippen molar-refractivity contribution in [3.8, 4) is 11.5 Å². The lowest BCUT2D eigenvalue weighted by Gasteiger charge is -2.22. The Balaban J connectivity index is 1.56. The predicted molar refractivity (Wildman–Crippen MR) is 109 cm³/mol. The van der Waals surface area contributed by atoms with Gasteiger partial charge in [0.25, 0.3) is 0 Å². The van der Waals surface area contributed by atoms with Crippen molar-refractivity contribution in [2.24, 2.45) is 0 Å². The van der Waals surface area contributed by atoms with E-state index in [-0.39, 0.29) is 11.7 Å². The van der Waals surface area contributed by atoms with E-state index < -0.39 is 6.61 Å². The first-order chi connectivity index (χ1) is 14.0. The molecule has 5 nitrogen and oxygen atoms in total. The number of rotatable bonds is 12. The van der Waals surface area contributed by atoms with Crippen LogP contribution < -0.4 is 14.8 Å². The average Bonchev–Trinajstić information content (AvgIpc) is 3.40. The fourth-order valence-electron chi connectivity index (χ4n) is 3.12. The molecule has 1 saturated carbocycles.